The summed E-state index contributed by atoms with van der Waals surface area (Å²) in [4.78, 5) is 52.1. The van der Waals surface area contributed by atoms with Gasteiger partial charge in [0.25, 0.3) is 5.91 Å². The summed E-state index contributed by atoms with van der Waals surface area (Å²) < 4.78 is 4.36. The predicted octanol–water partition coefficient (Wildman–Crippen LogP) is 4.92. The van der Waals surface area contributed by atoms with Gasteiger partial charge in [0.2, 0.25) is 11.8 Å². The molecule has 1 aliphatic heterocycles. The van der Waals surface area contributed by atoms with Crippen molar-refractivity contribution in [3.05, 3.63) is 63.6 Å². The molecular weight excluding hydrogens is 549 g/mol. The lowest BCUT2D eigenvalue weighted by molar-refractivity contribution is -0.147. The van der Waals surface area contributed by atoms with Crippen LogP contribution in [0.1, 0.15) is 50.5 Å². The molecule has 0 bridgehead atoms. The summed E-state index contributed by atoms with van der Waals surface area (Å²) in [5, 5.41) is 6.01. The van der Waals surface area contributed by atoms with Gasteiger partial charge in [0, 0.05) is 23.8 Å². The van der Waals surface area contributed by atoms with E-state index in [-0.39, 0.29) is 27.9 Å². The Morgan fingerprint density at radius 3 is 2.13 bits per heavy atom. The minimum atomic E-state index is -0.979. The molecule has 2 atom stereocenters. The Morgan fingerprint density at radius 2 is 1.61 bits per heavy atom. The Bertz CT molecular complexity index is 1230. The highest BCUT2D eigenvalue weighted by Crippen LogP contribution is 2.51. The Morgan fingerprint density at radius 1 is 1.03 bits per heavy atom. The largest absolute Gasteiger partial charge is 0.467 e. The smallest absolute Gasteiger partial charge is 0.328 e. The van der Waals surface area contributed by atoms with Gasteiger partial charge in [0.05, 0.1) is 27.6 Å². The molecule has 2 aromatic rings. The summed E-state index contributed by atoms with van der Waals surface area (Å²) in [6.45, 7) is 9.03. The molecule has 0 spiro atoms. The second-order valence-electron chi connectivity index (χ2n) is 9.98. The Labute approximate surface area is 236 Å². The van der Waals surface area contributed by atoms with Gasteiger partial charge in [-0.05, 0) is 57.5 Å². The molecule has 11 heteroatoms. The molecule has 2 aromatic carbocycles. The molecule has 1 heterocycles. The van der Waals surface area contributed by atoms with Crippen LogP contribution in [0.3, 0.4) is 0 Å². The van der Waals surface area contributed by atoms with Crippen LogP contribution in [0.25, 0.3) is 0 Å². The Balaban J connectivity index is 1.75. The molecule has 0 radical (unpaired) electrons. The van der Waals surface area contributed by atoms with Crippen molar-refractivity contribution in [1.29, 1.82) is 0 Å². The van der Waals surface area contributed by atoms with E-state index in [4.69, 9.17) is 27.9 Å². The summed E-state index contributed by atoms with van der Waals surface area (Å²) in [5.41, 5.74) is 1.39. The molecular formula is C27H31Cl2N3O5S. The number of rotatable bonds is 7. The number of halogens is 2. The van der Waals surface area contributed by atoms with Gasteiger partial charge in [-0.1, -0.05) is 41.4 Å². The van der Waals surface area contributed by atoms with Gasteiger partial charge >= 0.3 is 5.97 Å². The van der Waals surface area contributed by atoms with Crippen molar-refractivity contribution in [2.24, 2.45) is 0 Å². The highest BCUT2D eigenvalue weighted by Gasteiger charge is 2.56. The van der Waals surface area contributed by atoms with Crippen molar-refractivity contribution in [3.8, 4) is 0 Å². The zero-order chi connectivity index (χ0) is 28.4. The zero-order valence-electron chi connectivity index (χ0n) is 22.1. The van der Waals surface area contributed by atoms with E-state index in [9.17, 15) is 19.2 Å². The van der Waals surface area contributed by atoms with Gasteiger partial charge in [-0.3, -0.25) is 14.4 Å². The molecule has 0 saturated carbocycles. The maximum absolute atomic E-state index is 13.5. The predicted molar refractivity (Wildman–Crippen MR) is 151 cm³/mol. The first kappa shape index (κ1) is 29.8. The number of anilines is 1. The van der Waals surface area contributed by atoms with E-state index < -0.39 is 39.5 Å². The monoisotopic (exact) mass is 579 g/mol. The molecule has 1 saturated heterocycles. The van der Waals surface area contributed by atoms with Crippen LogP contribution < -0.4 is 10.6 Å². The lowest BCUT2D eigenvalue weighted by Gasteiger charge is -2.34. The number of carbonyl (C=O) groups excluding carboxylic acids is 4. The maximum Gasteiger partial charge on any atom is 0.328 e. The number of amides is 3. The highest BCUT2D eigenvalue weighted by atomic mass is 35.5. The second kappa shape index (κ2) is 11.6. The highest BCUT2D eigenvalue weighted by molar-refractivity contribution is 8.02. The number of carbonyl (C=O) groups is 4. The van der Waals surface area contributed by atoms with Crippen molar-refractivity contribution in [1.82, 2.24) is 10.2 Å². The van der Waals surface area contributed by atoms with Crippen molar-refractivity contribution in [2.75, 3.05) is 12.4 Å². The van der Waals surface area contributed by atoms with Gasteiger partial charge in [0.1, 0.15) is 12.1 Å². The molecule has 0 aromatic heterocycles. The van der Waals surface area contributed by atoms with Crippen LogP contribution in [0.4, 0.5) is 5.69 Å². The van der Waals surface area contributed by atoms with Crippen LogP contribution >= 0.6 is 35.0 Å². The van der Waals surface area contributed by atoms with Crippen LogP contribution in [-0.2, 0) is 25.5 Å². The Hall–Kier alpha value is -2.75. The van der Waals surface area contributed by atoms with E-state index in [0.29, 0.717) is 5.69 Å². The normalized spacial score (nSPS) is 18.4. The molecule has 2 unspecified atom stereocenters. The van der Waals surface area contributed by atoms with Crippen molar-refractivity contribution < 1.29 is 23.9 Å². The number of nitrogens with zero attached hydrogens (tertiary/aromatic N) is 1. The SMILES string of the molecule is COC(=O)C(Cc1ccc(NC(=O)c2c(Cl)cccc2Cl)cc1)NC(=O)C1N(C(C)=O)C(C)(C)SC1(C)C. The average molecular weight is 581 g/mol. The van der Waals surface area contributed by atoms with Crippen molar-refractivity contribution in [3.63, 3.8) is 0 Å². The van der Waals surface area contributed by atoms with E-state index in [2.05, 4.69) is 10.6 Å². The quantitative estimate of drug-likeness (QED) is 0.451. The molecule has 38 heavy (non-hydrogen) atoms. The fourth-order valence-electron chi connectivity index (χ4n) is 4.82. The fourth-order valence-corrected chi connectivity index (χ4v) is 7.33. The van der Waals surface area contributed by atoms with Gasteiger partial charge in [-0.15, -0.1) is 11.8 Å². The molecule has 0 aliphatic carbocycles. The van der Waals surface area contributed by atoms with Gasteiger partial charge in [-0.25, -0.2) is 4.79 Å². The fraction of sp³-hybridized carbons (Fsp3) is 0.407. The van der Waals surface area contributed by atoms with Crippen LogP contribution in [0, 0.1) is 0 Å². The standard InChI is InChI=1S/C27H31Cl2N3O5S/c1-15(33)32-22(26(2,3)38-27(32,4)5)24(35)31-20(25(36)37-6)14-16-10-12-17(13-11-16)30-23(34)21-18(28)8-7-9-19(21)29/h7-13,20,22H,14H2,1-6H3,(H,30,34)(H,31,35). The van der Waals surface area contributed by atoms with Gasteiger partial charge in [-0.2, -0.15) is 0 Å². The molecule has 1 fully saturated rings. The lowest BCUT2D eigenvalue weighted by Crippen LogP contribution is -2.58. The number of ether oxygens (including phenoxy) is 1. The number of hydrogen-bond donors (Lipinski definition) is 2. The van der Waals surface area contributed by atoms with Gasteiger partial charge < -0.3 is 20.3 Å². The maximum atomic E-state index is 13.5. The molecule has 3 rings (SSSR count). The van der Waals surface area contributed by atoms with E-state index >= 15 is 0 Å². The third-order valence-electron chi connectivity index (χ3n) is 6.24. The lowest BCUT2D eigenvalue weighted by atomic mass is 9.98. The molecule has 3 amide bonds. The number of thioether (sulfide) groups is 1. The second-order valence-corrected chi connectivity index (χ2v) is 13.0. The van der Waals surface area contributed by atoms with Crippen LogP contribution in [-0.4, -0.2) is 57.4 Å². The van der Waals surface area contributed by atoms with Crippen LogP contribution in [0.2, 0.25) is 10.0 Å². The Kier molecular flexibility index (Phi) is 9.06. The summed E-state index contributed by atoms with van der Waals surface area (Å²) >= 11 is 13.8. The minimum absolute atomic E-state index is 0.146. The molecule has 204 valence electrons. The van der Waals surface area contributed by atoms with Crippen LogP contribution in [0.15, 0.2) is 42.5 Å². The summed E-state index contributed by atoms with van der Waals surface area (Å²) in [6.07, 6.45) is 0.146. The number of esters is 1. The first-order valence-electron chi connectivity index (χ1n) is 11.9. The first-order valence-corrected chi connectivity index (χ1v) is 13.5. The average Bonchev–Trinajstić information content (AvgIpc) is 3.02. The van der Waals surface area contributed by atoms with E-state index in [0.717, 1.165) is 5.56 Å². The first-order chi connectivity index (χ1) is 17.7. The number of benzene rings is 2. The topological polar surface area (TPSA) is 105 Å². The van der Waals surface area contributed by atoms with E-state index in [1.165, 1.54) is 25.8 Å². The molecule has 2 N–H and O–H groups in total. The number of methoxy groups -OCH3 is 1. The number of hydrogen-bond acceptors (Lipinski definition) is 6. The van der Waals surface area contributed by atoms with Gasteiger partial charge in [0.15, 0.2) is 0 Å². The van der Waals surface area contributed by atoms with E-state index in [1.54, 1.807) is 47.4 Å². The van der Waals surface area contributed by atoms with Crippen molar-refractivity contribution in [2.45, 2.75) is 62.7 Å². The summed E-state index contributed by atoms with van der Waals surface area (Å²) in [6, 6.07) is 9.85. The van der Waals surface area contributed by atoms with Crippen LogP contribution in [0.5, 0.6) is 0 Å². The third kappa shape index (κ3) is 6.45. The van der Waals surface area contributed by atoms with Crippen molar-refractivity contribution >= 4 is 64.3 Å². The zero-order valence-corrected chi connectivity index (χ0v) is 24.4. The summed E-state index contributed by atoms with van der Waals surface area (Å²) in [7, 11) is 1.25. The summed E-state index contributed by atoms with van der Waals surface area (Å²) in [5.74, 6) is -1.72. The third-order valence-corrected chi connectivity index (χ3v) is 8.32. The molecule has 8 nitrogen and oxygen atoms in total. The van der Waals surface area contributed by atoms with E-state index in [1.807, 2.05) is 27.7 Å². The minimum Gasteiger partial charge on any atom is -0.467 e. The number of nitrogens with one attached hydrogen (secondary N) is 2. The molecule has 1 aliphatic rings.